The van der Waals surface area contributed by atoms with Gasteiger partial charge in [0.2, 0.25) is 5.91 Å². The molecule has 6 nitrogen and oxygen atoms in total. The van der Waals surface area contributed by atoms with E-state index in [4.69, 9.17) is 9.84 Å². The molecule has 1 aromatic carbocycles. The molecule has 1 amide bonds. The Morgan fingerprint density at radius 1 is 1.43 bits per heavy atom. The van der Waals surface area contributed by atoms with Gasteiger partial charge in [0.05, 0.1) is 18.2 Å². The molecule has 6 heteroatoms. The van der Waals surface area contributed by atoms with E-state index in [1.54, 1.807) is 12.1 Å². The Hall–Kier alpha value is -1.92. The fourth-order valence-corrected chi connectivity index (χ4v) is 2.72. The standard InChI is InChI=1S/C17H24N2O4/c1-19(9-3-7-15-8-4-10-23-15)12-16(20)18-14-6-2-5-13(11-14)17(21)22/h2,5-6,11,15H,3-4,7-10,12H2,1H3,(H,18,20)(H,21,22)/t15-/m1/s1. The number of anilines is 1. The van der Waals surface area contributed by atoms with Gasteiger partial charge in [-0.15, -0.1) is 0 Å². The third-order valence-corrected chi connectivity index (χ3v) is 3.90. The highest BCUT2D eigenvalue weighted by molar-refractivity contribution is 5.94. The number of carbonyl (C=O) groups is 2. The summed E-state index contributed by atoms with van der Waals surface area (Å²) in [5.41, 5.74) is 0.662. The zero-order chi connectivity index (χ0) is 16.7. The summed E-state index contributed by atoms with van der Waals surface area (Å²) in [5.74, 6) is -1.15. The normalized spacial score (nSPS) is 17.4. The van der Waals surface area contributed by atoms with E-state index < -0.39 is 5.97 Å². The predicted molar refractivity (Wildman–Crippen MR) is 87.7 cm³/mol. The number of rotatable bonds is 8. The lowest BCUT2D eigenvalue weighted by molar-refractivity contribution is -0.117. The molecule has 1 heterocycles. The molecule has 23 heavy (non-hydrogen) atoms. The summed E-state index contributed by atoms with van der Waals surface area (Å²) in [4.78, 5) is 24.9. The molecule has 2 N–H and O–H groups in total. The Labute approximate surface area is 136 Å². The lowest BCUT2D eigenvalue weighted by Gasteiger charge is -2.17. The van der Waals surface area contributed by atoms with Gasteiger partial charge in [-0.05, 0) is 57.5 Å². The second-order valence-electron chi connectivity index (χ2n) is 5.95. The molecule has 1 saturated heterocycles. The van der Waals surface area contributed by atoms with Crippen LogP contribution in [-0.2, 0) is 9.53 Å². The van der Waals surface area contributed by atoms with Crippen LogP contribution in [0.25, 0.3) is 0 Å². The quantitative estimate of drug-likeness (QED) is 0.768. The topological polar surface area (TPSA) is 78.9 Å². The van der Waals surface area contributed by atoms with Crippen LogP contribution < -0.4 is 5.32 Å². The number of nitrogens with one attached hydrogen (secondary N) is 1. The molecule has 2 rings (SSSR count). The first-order valence-corrected chi connectivity index (χ1v) is 7.98. The zero-order valence-electron chi connectivity index (χ0n) is 13.5. The summed E-state index contributed by atoms with van der Waals surface area (Å²) in [6.45, 7) is 1.99. The van der Waals surface area contributed by atoms with Crippen molar-refractivity contribution in [2.75, 3.05) is 32.1 Å². The highest BCUT2D eigenvalue weighted by atomic mass is 16.5. The lowest BCUT2D eigenvalue weighted by atomic mass is 10.1. The van der Waals surface area contributed by atoms with Gasteiger partial charge < -0.3 is 15.2 Å². The molecule has 1 aromatic rings. The molecular formula is C17H24N2O4. The number of aromatic carboxylic acids is 1. The number of likely N-dealkylation sites (N-methyl/N-ethyl adjacent to an activating group) is 1. The smallest absolute Gasteiger partial charge is 0.335 e. The van der Waals surface area contributed by atoms with Crippen molar-refractivity contribution in [3.8, 4) is 0 Å². The summed E-state index contributed by atoms with van der Waals surface area (Å²) in [6.07, 6.45) is 4.72. The van der Waals surface area contributed by atoms with Crippen molar-refractivity contribution in [1.82, 2.24) is 4.90 Å². The summed E-state index contributed by atoms with van der Waals surface area (Å²) >= 11 is 0. The Kier molecular flexibility index (Phi) is 6.55. The fraction of sp³-hybridized carbons (Fsp3) is 0.529. The molecule has 0 aromatic heterocycles. The van der Waals surface area contributed by atoms with E-state index in [1.165, 1.54) is 12.1 Å². The van der Waals surface area contributed by atoms with Gasteiger partial charge in [0.15, 0.2) is 0 Å². The maximum atomic E-state index is 12.0. The minimum absolute atomic E-state index is 0.146. The molecule has 126 valence electrons. The summed E-state index contributed by atoms with van der Waals surface area (Å²) in [5, 5.41) is 11.7. The molecule has 0 bridgehead atoms. The first-order valence-electron chi connectivity index (χ1n) is 7.98. The first kappa shape index (κ1) is 17.4. The van der Waals surface area contributed by atoms with Crippen LogP contribution in [-0.4, -0.2) is 54.7 Å². The highest BCUT2D eigenvalue weighted by Crippen LogP contribution is 2.16. The van der Waals surface area contributed by atoms with E-state index >= 15 is 0 Å². The second-order valence-corrected chi connectivity index (χ2v) is 5.95. The molecule has 0 aliphatic carbocycles. The van der Waals surface area contributed by atoms with E-state index in [0.29, 0.717) is 11.8 Å². The molecular weight excluding hydrogens is 296 g/mol. The molecule has 1 fully saturated rings. The molecule has 1 aliphatic heterocycles. The minimum atomic E-state index is -1.01. The van der Waals surface area contributed by atoms with Gasteiger partial charge in [0.25, 0.3) is 0 Å². The van der Waals surface area contributed by atoms with Gasteiger partial charge in [-0.2, -0.15) is 0 Å². The molecule has 1 atom stereocenters. The van der Waals surface area contributed by atoms with Crippen molar-refractivity contribution in [2.45, 2.75) is 31.8 Å². The number of benzene rings is 1. The highest BCUT2D eigenvalue weighted by Gasteiger charge is 2.15. The number of amides is 1. The van der Waals surface area contributed by atoms with Crippen LogP contribution in [0.2, 0.25) is 0 Å². The molecule has 0 radical (unpaired) electrons. The number of carboxylic acids is 1. The number of nitrogens with zero attached hydrogens (tertiary/aromatic N) is 1. The third-order valence-electron chi connectivity index (χ3n) is 3.90. The molecule has 1 aliphatic rings. The number of hydrogen-bond acceptors (Lipinski definition) is 4. The lowest BCUT2D eigenvalue weighted by Crippen LogP contribution is -2.31. The summed E-state index contributed by atoms with van der Waals surface area (Å²) < 4.78 is 5.58. The maximum absolute atomic E-state index is 12.0. The van der Waals surface area contributed by atoms with E-state index in [1.807, 2.05) is 11.9 Å². The van der Waals surface area contributed by atoms with Crippen LogP contribution in [0.15, 0.2) is 24.3 Å². The third kappa shape index (κ3) is 6.00. The molecule has 0 spiro atoms. The summed E-state index contributed by atoms with van der Waals surface area (Å²) in [6, 6.07) is 6.25. The molecule has 0 unspecified atom stereocenters. The van der Waals surface area contributed by atoms with Crippen molar-refractivity contribution in [2.24, 2.45) is 0 Å². The van der Waals surface area contributed by atoms with Crippen molar-refractivity contribution < 1.29 is 19.4 Å². The first-order chi connectivity index (χ1) is 11.0. The van der Waals surface area contributed by atoms with E-state index in [9.17, 15) is 9.59 Å². The van der Waals surface area contributed by atoms with Crippen molar-refractivity contribution >= 4 is 17.6 Å². The van der Waals surface area contributed by atoms with Crippen LogP contribution >= 0.6 is 0 Å². The average Bonchev–Trinajstić information content (AvgIpc) is 3.00. The molecule has 0 saturated carbocycles. The Balaban J connectivity index is 1.70. The van der Waals surface area contributed by atoms with Gasteiger partial charge in [-0.1, -0.05) is 6.07 Å². The monoisotopic (exact) mass is 320 g/mol. The Bertz CT molecular complexity index is 541. The number of hydrogen-bond donors (Lipinski definition) is 2. The van der Waals surface area contributed by atoms with Gasteiger partial charge in [-0.3, -0.25) is 9.69 Å². The maximum Gasteiger partial charge on any atom is 0.335 e. The summed E-state index contributed by atoms with van der Waals surface area (Å²) in [7, 11) is 1.91. The van der Waals surface area contributed by atoms with Crippen LogP contribution in [0.3, 0.4) is 0 Å². The van der Waals surface area contributed by atoms with E-state index in [2.05, 4.69) is 5.32 Å². The predicted octanol–water partition coefficient (Wildman–Crippen LogP) is 2.21. The number of carbonyl (C=O) groups excluding carboxylic acids is 1. The van der Waals surface area contributed by atoms with Crippen LogP contribution in [0.1, 0.15) is 36.0 Å². The van der Waals surface area contributed by atoms with Gasteiger partial charge in [0, 0.05) is 12.3 Å². The van der Waals surface area contributed by atoms with Gasteiger partial charge in [0.1, 0.15) is 0 Å². The van der Waals surface area contributed by atoms with E-state index in [-0.39, 0.29) is 18.0 Å². The van der Waals surface area contributed by atoms with Crippen LogP contribution in [0.4, 0.5) is 5.69 Å². The van der Waals surface area contributed by atoms with Crippen molar-refractivity contribution in [3.63, 3.8) is 0 Å². The largest absolute Gasteiger partial charge is 0.478 e. The fourth-order valence-electron chi connectivity index (χ4n) is 2.72. The SMILES string of the molecule is CN(CCC[C@@H]1CCCO1)CC(=O)Nc1cccc(C(=O)O)c1. The number of ether oxygens (including phenoxy) is 1. The second kappa shape index (κ2) is 8.64. The van der Waals surface area contributed by atoms with Crippen molar-refractivity contribution in [1.29, 1.82) is 0 Å². The number of carboxylic acid groups (broad SMARTS) is 1. The Morgan fingerprint density at radius 2 is 2.26 bits per heavy atom. The van der Waals surface area contributed by atoms with E-state index in [0.717, 1.165) is 38.8 Å². The van der Waals surface area contributed by atoms with Crippen molar-refractivity contribution in [3.05, 3.63) is 29.8 Å². The average molecular weight is 320 g/mol. The van der Waals surface area contributed by atoms with Gasteiger partial charge >= 0.3 is 5.97 Å². The zero-order valence-corrected chi connectivity index (χ0v) is 13.5. The Morgan fingerprint density at radius 3 is 2.96 bits per heavy atom. The minimum Gasteiger partial charge on any atom is -0.478 e. The van der Waals surface area contributed by atoms with Crippen LogP contribution in [0.5, 0.6) is 0 Å². The van der Waals surface area contributed by atoms with Gasteiger partial charge in [-0.25, -0.2) is 4.79 Å². The van der Waals surface area contributed by atoms with Crippen LogP contribution in [0, 0.1) is 0 Å².